The minimum atomic E-state index is -1.87. The average Bonchev–Trinajstić information content (AvgIpc) is 3.42. The molecule has 218 valence electrons. The number of primary amides is 1. The number of nitrogens with two attached hydrogens (primary N) is 1. The number of methoxy groups -OCH3 is 1. The number of carbonyl (C=O) groups excluding carboxylic acids is 5. The van der Waals surface area contributed by atoms with Gasteiger partial charge in [0.25, 0.3) is 11.8 Å². The predicted octanol–water partition coefficient (Wildman–Crippen LogP) is -0.748. The lowest BCUT2D eigenvalue weighted by Gasteiger charge is -2.49. The zero-order valence-corrected chi connectivity index (χ0v) is 23.0. The number of ether oxygens (including phenoxy) is 4. The van der Waals surface area contributed by atoms with Crippen molar-refractivity contribution in [3.8, 4) is 0 Å². The third-order valence-electron chi connectivity index (χ3n) is 5.77. The molecule has 0 aromatic carbocycles. The summed E-state index contributed by atoms with van der Waals surface area (Å²) in [6.07, 6.45) is -1.31. The second-order valence-corrected chi connectivity index (χ2v) is 10.4. The van der Waals surface area contributed by atoms with Gasteiger partial charge in [0.2, 0.25) is 12.0 Å². The molecule has 4 atom stereocenters. The van der Waals surface area contributed by atoms with Crippen LogP contribution in [0, 0.1) is 0 Å². The quantitative estimate of drug-likeness (QED) is 0.108. The summed E-state index contributed by atoms with van der Waals surface area (Å²) in [5, 5.41) is 4.85. The zero-order chi connectivity index (χ0) is 29.8. The highest BCUT2D eigenvalue weighted by Crippen LogP contribution is 2.36. The molecule has 16 nitrogen and oxygen atoms in total. The van der Waals surface area contributed by atoms with Crippen LogP contribution in [0.3, 0.4) is 0 Å². The second-order valence-electron chi connectivity index (χ2n) is 8.83. The molecule has 17 heteroatoms. The summed E-state index contributed by atoms with van der Waals surface area (Å²) in [5.74, 6) is -3.96. The molecule has 3 amide bonds. The topological polar surface area (TPSA) is 215 Å². The van der Waals surface area contributed by atoms with Crippen LogP contribution in [0.1, 0.15) is 26.5 Å². The van der Waals surface area contributed by atoms with Gasteiger partial charge in [-0.3, -0.25) is 18.7 Å². The first-order valence-electron chi connectivity index (χ1n) is 11.6. The Balaban J connectivity index is 1.85. The highest BCUT2D eigenvalue weighted by molar-refractivity contribution is 7.86. The molecular weight excluding hydrogens is 556 g/mol. The van der Waals surface area contributed by atoms with Gasteiger partial charge in [0.1, 0.15) is 30.8 Å². The molecule has 0 saturated carbocycles. The van der Waals surface area contributed by atoms with Crippen LogP contribution < -0.4 is 11.1 Å². The van der Waals surface area contributed by atoms with Gasteiger partial charge in [-0.1, -0.05) is 5.16 Å². The van der Waals surface area contributed by atoms with Gasteiger partial charge in [-0.15, -0.1) is 0 Å². The van der Waals surface area contributed by atoms with Gasteiger partial charge in [0, 0.05) is 19.6 Å². The van der Waals surface area contributed by atoms with Crippen LogP contribution in [0.2, 0.25) is 0 Å². The van der Waals surface area contributed by atoms with Gasteiger partial charge in [0.05, 0.1) is 22.8 Å². The molecule has 0 radical (unpaired) electrons. The van der Waals surface area contributed by atoms with Crippen LogP contribution in [0.15, 0.2) is 39.2 Å². The fourth-order valence-electron chi connectivity index (χ4n) is 3.63. The Labute approximate surface area is 230 Å². The average molecular weight is 585 g/mol. The second kappa shape index (κ2) is 12.3. The van der Waals surface area contributed by atoms with Crippen molar-refractivity contribution in [1.29, 1.82) is 0 Å². The number of carbonyl (C=O) groups is 5. The van der Waals surface area contributed by atoms with Crippen LogP contribution in [-0.2, 0) is 53.8 Å². The lowest BCUT2D eigenvalue weighted by molar-refractivity contribution is -0.197. The Hall–Kier alpha value is -4.25. The largest absolute Gasteiger partial charge is 0.462 e. The molecule has 1 fully saturated rings. The van der Waals surface area contributed by atoms with Gasteiger partial charge in [-0.05, 0) is 26.0 Å². The molecule has 3 N–H and O–H groups in total. The van der Waals surface area contributed by atoms with Gasteiger partial charge in [0.15, 0.2) is 11.4 Å². The maximum atomic E-state index is 13.2. The summed E-state index contributed by atoms with van der Waals surface area (Å²) in [7, 11) is 0.625. The van der Waals surface area contributed by atoms with Gasteiger partial charge in [-0.25, -0.2) is 14.4 Å². The monoisotopic (exact) mass is 584 g/mol. The lowest BCUT2D eigenvalue weighted by Crippen LogP contribution is -2.74. The first-order chi connectivity index (χ1) is 18.8. The van der Waals surface area contributed by atoms with Crippen molar-refractivity contribution < 1.29 is 56.4 Å². The van der Waals surface area contributed by atoms with E-state index in [1.807, 2.05) is 0 Å². The SMILES string of the molecule is CON=C(C(=O)N[C@@H]1C(=O)N2C(C(=O)OC(C)OC(=O)C(C)(C)OC)=C(COC(N)=O)C[S@](=O)[C@H]12)c1ccco1. The van der Waals surface area contributed by atoms with Crippen LogP contribution in [0.4, 0.5) is 4.79 Å². The Morgan fingerprint density at radius 1 is 1.27 bits per heavy atom. The van der Waals surface area contributed by atoms with Crippen LogP contribution >= 0.6 is 0 Å². The number of nitrogens with zero attached hydrogens (tertiary/aromatic N) is 2. The van der Waals surface area contributed by atoms with Crippen molar-refractivity contribution in [1.82, 2.24) is 10.2 Å². The van der Waals surface area contributed by atoms with Gasteiger partial charge in [-0.2, -0.15) is 0 Å². The normalized spacial score (nSPS) is 21.5. The number of oxime groups is 1. The smallest absolute Gasteiger partial charge is 0.404 e. The van der Waals surface area contributed by atoms with Crippen LogP contribution in [0.5, 0.6) is 0 Å². The number of hydrogen-bond acceptors (Lipinski definition) is 13. The van der Waals surface area contributed by atoms with Gasteiger partial charge < -0.3 is 39.3 Å². The van der Waals surface area contributed by atoms with Crippen LogP contribution in [-0.4, -0.2) is 94.6 Å². The summed E-state index contributed by atoms with van der Waals surface area (Å²) >= 11 is 0. The van der Waals surface area contributed by atoms with E-state index in [0.29, 0.717) is 0 Å². The van der Waals surface area contributed by atoms with Crippen molar-refractivity contribution in [3.63, 3.8) is 0 Å². The highest BCUT2D eigenvalue weighted by Gasteiger charge is 2.58. The van der Waals surface area contributed by atoms with E-state index in [2.05, 4.69) is 15.3 Å². The van der Waals surface area contributed by atoms with E-state index < -0.39 is 76.3 Å². The maximum Gasteiger partial charge on any atom is 0.404 e. The molecule has 0 bridgehead atoms. The summed E-state index contributed by atoms with van der Waals surface area (Å²) in [4.78, 5) is 68.3. The number of β-lactam (4-membered cyclic amide) rings is 1. The molecule has 2 aliphatic rings. The molecule has 0 aliphatic carbocycles. The first-order valence-corrected chi connectivity index (χ1v) is 13.0. The number of rotatable bonds is 11. The van der Waals surface area contributed by atoms with E-state index in [4.69, 9.17) is 29.1 Å². The Bertz CT molecular complexity index is 1270. The molecule has 1 aromatic rings. The fraction of sp³-hybridized carbons (Fsp3) is 0.478. The highest BCUT2D eigenvalue weighted by atomic mass is 32.2. The molecule has 2 aliphatic heterocycles. The van der Waals surface area contributed by atoms with Gasteiger partial charge >= 0.3 is 18.0 Å². The van der Waals surface area contributed by atoms with Crippen molar-refractivity contribution in [2.75, 3.05) is 26.6 Å². The minimum Gasteiger partial charge on any atom is -0.462 e. The third-order valence-corrected chi connectivity index (χ3v) is 7.43. The number of furan rings is 1. The molecule has 3 heterocycles. The van der Waals surface area contributed by atoms with Crippen LogP contribution in [0.25, 0.3) is 0 Å². The van der Waals surface area contributed by atoms with E-state index in [1.54, 1.807) is 0 Å². The number of fused-ring (bicyclic) bond motifs is 1. The van der Waals surface area contributed by atoms with Crippen molar-refractivity contribution in [2.45, 2.75) is 44.1 Å². The number of nitrogens with one attached hydrogen (secondary N) is 1. The number of hydrogen-bond donors (Lipinski definition) is 2. The minimum absolute atomic E-state index is 0.0375. The fourth-order valence-corrected chi connectivity index (χ4v) is 5.30. The standard InChI is InChI=1S/C23H28N4O12S/c1-11(39-21(31)23(2,3)34-4)38-20(30)16-12(9-37-22(24)32)10-40(33)19-15(18(29)27(16)19)25-17(28)14(26-35-5)13-7-6-8-36-13/h6-8,11,15,19H,9-10H2,1-5H3,(H2,24,32)(H,25,28)/t11?,15-,19-,40+/m1/s1. The summed E-state index contributed by atoms with van der Waals surface area (Å²) < 4.78 is 38.4. The Morgan fingerprint density at radius 3 is 2.55 bits per heavy atom. The van der Waals surface area contributed by atoms with Crippen molar-refractivity contribution in [3.05, 3.63) is 35.4 Å². The Kier molecular flexibility index (Phi) is 9.31. The maximum absolute atomic E-state index is 13.2. The van der Waals surface area contributed by atoms with Crippen molar-refractivity contribution in [2.24, 2.45) is 10.9 Å². The molecule has 1 saturated heterocycles. The molecule has 1 aromatic heterocycles. The first kappa shape index (κ1) is 30.3. The zero-order valence-electron chi connectivity index (χ0n) is 22.2. The van der Waals surface area contributed by atoms with E-state index in [-0.39, 0.29) is 22.8 Å². The van der Waals surface area contributed by atoms with E-state index in [0.717, 1.165) is 4.90 Å². The number of esters is 2. The van der Waals surface area contributed by atoms with E-state index in [9.17, 15) is 28.2 Å². The molecule has 1 unspecified atom stereocenters. The summed E-state index contributed by atoms with van der Waals surface area (Å²) in [6.45, 7) is 3.56. The molecular formula is C23H28N4O12S. The van der Waals surface area contributed by atoms with E-state index >= 15 is 0 Å². The number of amides is 3. The van der Waals surface area contributed by atoms with E-state index in [1.165, 1.54) is 53.4 Å². The Morgan fingerprint density at radius 2 is 1.98 bits per heavy atom. The molecule has 0 spiro atoms. The third kappa shape index (κ3) is 6.31. The lowest BCUT2D eigenvalue weighted by atomic mass is 10.0. The summed E-state index contributed by atoms with van der Waals surface area (Å²) in [5.41, 5.74) is 2.96. The molecule has 3 rings (SSSR count). The van der Waals surface area contributed by atoms with Crippen molar-refractivity contribution >= 4 is 46.4 Å². The molecule has 40 heavy (non-hydrogen) atoms. The summed E-state index contributed by atoms with van der Waals surface area (Å²) in [6, 6.07) is 1.62. The predicted molar refractivity (Wildman–Crippen MR) is 133 cm³/mol.